The van der Waals surface area contributed by atoms with Crippen LogP contribution >= 0.6 is 0 Å². The van der Waals surface area contributed by atoms with E-state index < -0.39 is 5.92 Å². The Labute approximate surface area is 146 Å². The maximum absolute atomic E-state index is 12.7. The van der Waals surface area contributed by atoms with Gasteiger partial charge in [-0.05, 0) is 32.6 Å². The van der Waals surface area contributed by atoms with Crippen molar-refractivity contribution in [3.05, 3.63) is 15.9 Å². The van der Waals surface area contributed by atoms with Gasteiger partial charge < -0.3 is 15.5 Å². The number of nitrogens with one attached hydrogen (secondary N) is 3. The SMILES string of the molecule is CCNC(=O)[C@@H]1CC(=O)Nc2nc(N3CCCC[C@@H]3CC)[nH]c(=O)c21. The van der Waals surface area contributed by atoms with Crippen LogP contribution in [0.3, 0.4) is 0 Å². The third kappa shape index (κ3) is 3.38. The van der Waals surface area contributed by atoms with E-state index in [2.05, 4.69) is 32.4 Å². The summed E-state index contributed by atoms with van der Waals surface area (Å²) < 4.78 is 0. The molecular weight excluding hydrogens is 322 g/mol. The van der Waals surface area contributed by atoms with Crippen LogP contribution in [0.5, 0.6) is 0 Å². The Bertz CT molecular complexity index is 729. The highest BCUT2D eigenvalue weighted by Gasteiger charge is 2.35. The topological polar surface area (TPSA) is 107 Å². The Morgan fingerprint density at radius 3 is 2.84 bits per heavy atom. The third-order valence-electron chi connectivity index (χ3n) is 4.98. The van der Waals surface area contributed by atoms with E-state index in [1.807, 2.05) is 0 Å². The van der Waals surface area contributed by atoms with Crippen molar-refractivity contribution in [3.63, 3.8) is 0 Å². The summed E-state index contributed by atoms with van der Waals surface area (Å²) in [5, 5.41) is 5.35. The van der Waals surface area contributed by atoms with Crippen molar-refractivity contribution in [2.24, 2.45) is 0 Å². The highest BCUT2D eigenvalue weighted by Crippen LogP contribution is 2.30. The minimum absolute atomic E-state index is 0.0375. The molecule has 1 aromatic heterocycles. The van der Waals surface area contributed by atoms with Gasteiger partial charge in [0.25, 0.3) is 5.56 Å². The van der Waals surface area contributed by atoms with Gasteiger partial charge in [0, 0.05) is 25.6 Å². The average Bonchev–Trinajstić information content (AvgIpc) is 2.60. The van der Waals surface area contributed by atoms with Crippen LogP contribution in [0.2, 0.25) is 0 Å². The maximum atomic E-state index is 12.7. The number of carbonyl (C=O) groups is 2. The first kappa shape index (κ1) is 17.4. The molecule has 0 unspecified atom stereocenters. The Morgan fingerprint density at radius 1 is 1.32 bits per heavy atom. The maximum Gasteiger partial charge on any atom is 0.258 e. The van der Waals surface area contributed by atoms with Crippen molar-refractivity contribution in [3.8, 4) is 0 Å². The molecule has 3 rings (SSSR count). The molecule has 0 bridgehead atoms. The monoisotopic (exact) mass is 347 g/mol. The number of piperidine rings is 1. The molecule has 2 aliphatic rings. The van der Waals surface area contributed by atoms with Gasteiger partial charge in [-0.1, -0.05) is 6.92 Å². The van der Waals surface area contributed by atoms with Crippen molar-refractivity contribution < 1.29 is 9.59 Å². The van der Waals surface area contributed by atoms with E-state index in [0.717, 1.165) is 25.8 Å². The number of hydrogen-bond donors (Lipinski definition) is 3. The van der Waals surface area contributed by atoms with Crippen LogP contribution in [0, 0.1) is 0 Å². The average molecular weight is 347 g/mol. The summed E-state index contributed by atoms with van der Waals surface area (Å²) in [5.41, 5.74) is -0.101. The van der Waals surface area contributed by atoms with Gasteiger partial charge in [-0.25, -0.2) is 0 Å². The number of likely N-dealkylation sites (N-methyl/N-ethyl adjacent to an activating group) is 1. The molecule has 3 heterocycles. The van der Waals surface area contributed by atoms with E-state index in [9.17, 15) is 14.4 Å². The van der Waals surface area contributed by atoms with Crippen LogP contribution < -0.4 is 21.1 Å². The number of H-pyrrole nitrogens is 1. The molecule has 0 aromatic carbocycles. The zero-order valence-corrected chi connectivity index (χ0v) is 14.7. The molecule has 1 aromatic rings. The van der Waals surface area contributed by atoms with Gasteiger partial charge >= 0.3 is 0 Å². The molecule has 0 spiro atoms. The fourth-order valence-electron chi connectivity index (χ4n) is 3.72. The van der Waals surface area contributed by atoms with Crippen molar-refractivity contribution in [2.45, 2.75) is 57.9 Å². The van der Waals surface area contributed by atoms with Crippen LogP contribution in [-0.4, -0.2) is 40.9 Å². The Morgan fingerprint density at radius 2 is 2.12 bits per heavy atom. The van der Waals surface area contributed by atoms with Crippen LogP contribution in [-0.2, 0) is 9.59 Å². The summed E-state index contributed by atoms with van der Waals surface area (Å²) in [7, 11) is 0. The zero-order valence-electron chi connectivity index (χ0n) is 14.7. The molecule has 0 radical (unpaired) electrons. The molecule has 25 heavy (non-hydrogen) atoms. The second-order valence-corrected chi connectivity index (χ2v) is 6.60. The third-order valence-corrected chi connectivity index (χ3v) is 4.98. The van der Waals surface area contributed by atoms with Gasteiger partial charge in [0.15, 0.2) is 0 Å². The van der Waals surface area contributed by atoms with Crippen molar-refractivity contribution in [1.29, 1.82) is 0 Å². The van der Waals surface area contributed by atoms with E-state index >= 15 is 0 Å². The molecule has 0 saturated carbocycles. The summed E-state index contributed by atoms with van der Waals surface area (Å²) in [4.78, 5) is 46.4. The number of rotatable bonds is 4. The molecule has 2 aliphatic heterocycles. The largest absolute Gasteiger partial charge is 0.356 e. The predicted molar refractivity (Wildman–Crippen MR) is 94.8 cm³/mol. The van der Waals surface area contributed by atoms with Crippen LogP contribution in [0.15, 0.2) is 4.79 Å². The van der Waals surface area contributed by atoms with Gasteiger partial charge in [-0.15, -0.1) is 0 Å². The molecule has 3 N–H and O–H groups in total. The lowest BCUT2D eigenvalue weighted by atomic mass is 9.92. The zero-order chi connectivity index (χ0) is 18.0. The molecule has 136 valence electrons. The summed E-state index contributed by atoms with van der Waals surface area (Å²) in [5.74, 6) is -0.710. The first-order valence-electron chi connectivity index (χ1n) is 9.03. The van der Waals surface area contributed by atoms with Crippen LogP contribution in [0.4, 0.5) is 11.8 Å². The molecule has 0 aliphatic carbocycles. The van der Waals surface area contributed by atoms with Gasteiger partial charge in [0.2, 0.25) is 17.8 Å². The standard InChI is InChI=1S/C17H25N5O3/c1-3-10-7-5-6-8-22(10)17-20-14-13(16(25)21-17)11(9-12(23)19-14)15(24)18-4-2/h10-11H,3-9H2,1-2H3,(H,18,24)(H2,19,20,21,23,25)/t10-,11+/m0/s1. The first-order chi connectivity index (χ1) is 12.0. The van der Waals surface area contributed by atoms with Crippen molar-refractivity contribution in [2.75, 3.05) is 23.3 Å². The fourth-order valence-corrected chi connectivity index (χ4v) is 3.72. The summed E-state index contributed by atoms with van der Waals surface area (Å²) in [6.07, 6.45) is 4.20. The summed E-state index contributed by atoms with van der Waals surface area (Å²) in [6.45, 7) is 5.19. The second kappa shape index (κ2) is 7.25. The highest BCUT2D eigenvalue weighted by atomic mass is 16.2. The van der Waals surface area contributed by atoms with Gasteiger partial charge in [-0.3, -0.25) is 19.4 Å². The van der Waals surface area contributed by atoms with Crippen LogP contribution in [0.1, 0.15) is 57.4 Å². The molecule has 8 nitrogen and oxygen atoms in total. The van der Waals surface area contributed by atoms with Crippen molar-refractivity contribution >= 4 is 23.6 Å². The minimum Gasteiger partial charge on any atom is -0.356 e. The van der Waals surface area contributed by atoms with E-state index in [4.69, 9.17) is 0 Å². The number of aromatic amines is 1. The number of anilines is 2. The highest BCUT2D eigenvalue weighted by molar-refractivity contribution is 6.00. The molecule has 1 saturated heterocycles. The predicted octanol–water partition coefficient (Wildman–Crippen LogP) is 1.10. The smallest absolute Gasteiger partial charge is 0.258 e. The first-order valence-corrected chi connectivity index (χ1v) is 9.03. The lowest BCUT2D eigenvalue weighted by Gasteiger charge is -2.36. The number of nitrogens with zero attached hydrogens (tertiary/aromatic N) is 2. The van der Waals surface area contributed by atoms with E-state index in [1.165, 1.54) is 6.42 Å². The lowest BCUT2D eigenvalue weighted by molar-refractivity contribution is -0.126. The summed E-state index contributed by atoms with van der Waals surface area (Å²) in [6, 6.07) is 0.327. The number of hydrogen-bond acceptors (Lipinski definition) is 5. The van der Waals surface area contributed by atoms with E-state index in [-0.39, 0.29) is 35.2 Å². The van der Waals surface area contributed by atoms with Gasteiger partial charge in [0.1, 0.15) is 5.82 Å². The van der Waals surface area contributed by atoms with Gasteiger partial charge in [0.05, 0.1) is 11.5 Å². The van der Waals surface area contributed by atoms with Gasteiger partial charge in [-0.2, -0.15) is 4.98 Å². The number of amides is 2. The Kier molecular flexibility index (Phi) is 5.06. The quantitative estimate of drug-likeness (QED) is 0.756. The fraction of sp³-hybridized carbons (Fsp3) is 0.647. The molecule has 2 amide bonds. The van der Waals surface area contributed by atoms with Crippen LogP contribution in [0.25, 0.3) is 0 Å². The second-order valence-electron chi connectivity index (χ2n) is 6.60. The Balaban J connectivity index is 2.00. The molecule has 1 fully saturated rings. The van der Waals surface area contributed by atoms with E-state index in [1.54, 1.807) is 6.92 Å². The summed E-state index contributed by atoms with van der Waals surface area (Å²) >= 11 is 0. The number of fused-ring (bicyclic) bond motifs is 1. The normalized spacial score (nSPS) is 23.0. The number of carbonyl (C=O) groups excluding carboxylic acids is 2. The lowest BCUT2D eigenvalue weighted by Crippen LogP contribution is -2.43. The minimum atomic E-state index is -0.794. The molecule has 2 atom stereocenters. The number of aromatic nitrogens is 2. The van der Waals surface area contributed by atoms with E-state index in [0.29, 0.717) is 18.5 Å². The molecule has 8 heteroatoms. The Hall–Kier alpha value is -2.38. The molecular formula is C17H25N5O3. The van der Waals surface area contributed by atoms with Crippen molar-refractivity contribution in [1.82, 2.24) is 15.3 Å².